The van der Waals surface area contributed by atoms with Gasteiger partial charge in [0.2, 0.25) is 0 Å². The van der Waals surface area contributed by atoms with E-state index >= 15 is 0 Å². The Bertz CT molecular complexity index is 130. The molecule has 0 fully saturated rings. The van der Waals surface area contributed by atoms with Gasteiger partial charge >= 0.3 is 0 Å². The summed E-state index contributed by atoms with van der Waals surface area (Å²) in [5.41, 5.74) is 0. The predicted molar refractivity (Wildman–Crippen MR) is 43.5 cm³/mol. The number of aliphatic hydroxyl groups is 1. The van der Waals surface area contributed by atoms with Gasteiger partial charge in [-0.3, -0.25) is 0 Å². The first-order chi connectivity index (χ1) is 4.81. The summed E-state index contributed by atoms with van der Waals surface area (Å²) in [4.78, 5) is 0. The fourth-order valence-electron chi connectivity index (χ4n) is 0.639. The number of terminal acetylenes is 1. The van der Waals surface area contributed by atoms with Crippen molar-refractivity contribution in [2.45, 2.75) is 32.3 Å². The van der Waals surface area contributed by atoms with Crippen molar-refractivity contribution in [3.63, 3.8) is 0 Å². The van der Waals surface area contributed by atoms with Crippen LogP contribution in [0.5, 0.6) is 0 Å². The summed E-state index contributed by atoms with van der Waals surface area (Å²) in [6, 6.07) is 0. The van der Waals surface area contributed by atoms with E-state index in [2.05, 4.69) is 12.8 Å². The van der Waals surface area contributed by atoms with Crippen LogP contribution >= 0.6 is 0 Å². The molecular weight excluding hydrogens is 124 g/mol. The highest BCUT2D eigenvalue weighted by Gasteiger charge is 1.95. The maximum absolute atomic E-state index is 9.08. The minimum atomic E-state index is -0.354. The Labute approximate surface area is 62.8 Å². The van der Waals surface area contributed by atoms with Gasteiger partial charge < -0.3 is 5.11 Å². The normalized spacial score (nSPS) is 13.3. The summed E-state index contributed by atoms with van der Waals surface area (Å²) in [5.74, 6) is 2.41. The van der Waals surface area contributed by atoms with Crippen LogP contribution in [-0.4, -0.2) is 11.2 Å². The molecule has 1 N–H and O–H groups in total. The molecule has 0 heterocycles. The Hall–Kier alpha value is -0.740. The Morgan fingerprint density at radius 2 is 2.30 bits per heavy atom. The van der Waals surface area contributed by atoms with Crippen LogP contribution in [0.25, 0.3) is 0 Å². The van der Waals surface area contributed by atoms with Crippen LogP contribution in [0.3, 0.4) is 0 Å². The molecule has 1 heteroatoms. The zero-order valence-electron chi connectivity index (χ0n) is 6.38. The van der Waals surface area contributed by atoms with Gasteiger partial charge in [0, 0.05) is 6.42 Å². The summed E-state index contributed by atoms with van der Waals surface area (Å²) < 4.78 is 0. The molecule has 0 radical (unpaired) electrons. The average Bonchev–Trinajstić information content (AvgIpc) is 1.89. The molecule has 0 aliphatic rings. The van der Waals surface area contributed by atoms with E-state index in [0.29, 0.717) is 12.8 Å². The SMILES string of the molecule is C#CCC(O)C/C=C/CC. The lowest BCUT2D eigenvalue weighted by atomic mass is 10.2. The fourth-order valence-corrected chi connectivity index (χ4v) is 0.639. The maximum atomic E-state index is 9.08. The van der Waals surface area contributed by atoms with Crippen molar-refractivity contribution in [3.8, 4) is 12.3 Å². The van der Waals surface area contributed by atoms with E-state index in [1.54, 1.807) is 0 Å². The number of aliphatic hydroxyl groups excluding tert-OH is 1. The first kappa shape index (κ1) is 9.26. The van der Waals surface area contributed by atoms with E-state index in [0.717, 1.165) is 6.42 Å². The third-order valence-corrected chi connectivity index (χ3v) is 1.16. The molecule has 0 aromatic heterocycles. The standard InChI is InChI=1S/C9H14O/c1-3-5-6-8-9(10)7-4-2/h2,5-6,9-10H,3,7-8H2,1H3/b6-5+. The lowest BCUT2D eigenvalue weighted by molar-refractivity contribution is 0.183. The molecule has 0 spiro atoms. The second kappa shape index (κ2) is 6.38. The van der Waals surface area contributed by atoms with E-state index in [-0.39, 0.29) is 6.10 Å². The second-order valence-electron chi connectivity index (χ2n) is 2.18. The quantitative estimate of drug-likeness (QED) is 0.463. The predicted octanol–water partition coefficient (Wildman–Crippen LogP) is 1.73. The van der Waals surface area contributed by atoms with Crippen LogP contribution in [0.15, 0.2) is 12.2 Å². The van der Waals surface area contributed by atoms with Crippen molar-refractivity contribution in [2.75, 3.05) is 0 Å². The lowest BCUT2D eigenvalue weighted by Gasteiger charge is -2.00. The van der Waals surface area contributed by atoms with Gasteiger partial charge in [0.15, 0.2) is 0 Å². The first-order valence-electron chi connectivity index (χ1n) is 3.57. The van der Waals surface area contributed by atoms with Crippen LogP contribution in [0.1, 0.15) is 26.2 Å². The summed E-state index contributed by atoms with van der Waals surface area (Å²) >= 11 is 0. The molecule has 0 aliphatic carbocycles. The van der Waals surface area contributed by atoms with Gasteiger partial charge in [-0.15, -0.1) is 12.3 Å². The molecule has 1 atom stereocenters. The van der Waals surface area contributed by atoms with Crippen molar-refractivity contribution in [2.24, 2.45) is 0 Å². The van der Waals surface area contributed by atoms with Crippen LogP contribution in [0.4, 0.5) is 0 Å². The van der Waals surface area contributed by atoms with Gasteiger partial charge in [-0.25, -0.2) is 0 Å². The third kappa shape index (κ3) is 5.40. The number of hydrogen-bond donors (Lipinski definition) is 1. The summed E-state index contributed by atoms with van der Waals surface area (Å²) in [6.45, 7) is 2.06. The van der Waals surface area contributed by atoms with Gasteiger partial charge in [-0.1, -0.05) is 19.1 Å². The Kier molecular flexibility index (Phi) is 5.91. The highest BCUT2D eigenvalue weighted by Crippen LogP contribution is 1.97. The monoisotopic (exact) mass is 138 g/mol. The number of allylic oxidation sites excluding steroid dienone is 1. The van der Waals surface area contributed by atoms with Crippen LogP contribution in [0.2, 0.25) is 0 Å². The minimum absolute atomic E-state index is 0.354. The largest absolute Gasteiger partial charge is 0.392 e. The van der Waals surface area contributed by atoms with E-state index in [9.17, 15) is 0 Å². The molecular formula is C9H14O. The highest BCUT2D eigenvalue weighted by molar-refractivity contribution is 4.91. The zero-order chi connectivity index (χ0) is 7.82. The third-order valence-electron chi connectivity index (χ3n) is 1.16. The molecule has 0 aromatic rings. The Balaban J connectivity index is 3.31. The maximum Gasteiger partial charge on any atom is 0.0683 e. The van der Waals surface area contributed by atoms with Crippen molar-refractivity contribution in [3.05, 3.63) is 12.2 Å². The first-order valence-corrected chi connectivity index (χ1v) is 3.57. The summed E-state index contributed by atoms with van der Waals surface area (Å²) in [6.07, 6.45) is 10.8. The topological polar surface area (TPSA) is 20.2 Å². The molecule has 0 aromatic carbocycles. The van der Waals surface area contributed by atoms with Gasteiger partial charge in [-0.05, 0) is 12.8 Å². The molecule has 0 saturated heterocycles. The number of hydrogen-bond acceptors (Lipinski definition) is 1. The molecule has 0 rings (SSSR count). The molecule has 1 nitrogen and oxygen atoms in total. The molecule has 10 heavy (non-hydrogen) atoms. The molecule has 1 unspecified atom stereocenters. The van der Waals surface area contributed by atoms with Crippen molar-refractivity contribution in [1.29, 1.82) is 0 Å². The Morgan fingerprint density at radius 3 is 2.80 bits per heavy atom. The number of rotatable bonds is 4. The van der Waals surface area contributed by atoms with Gasteiger partial charge in [0.25, 0.3) is 0 Å². The molecule has 0 bridgehead atoms. The minimum Gasteiger partial charge on any atom is -0.392 e. The molecule has 56 valence electrons. The average molecular weight is 138 g/mol. The van der Waals surface area contributed by atoms with Crippen molar-refractivity contribution in [1.82, 2.24) is 0 Å². The fraction of sp³-hybridized carbons (Fsp3) is 0.556. The van der Waals surface area contributed by atoms with E-state index < -0.39 is 0 Å². The van der Waals surface area contributed by atoms with Crippen LogP contribution in [0, 0.1) is 12.3 Å². The van der Waals surface area contributed by atoms with Gasteiger partial charge in [0.05, 0.1) is 6.10 Å². The van der Waals surface area contributed by atoms with E-state index in [1.807, 2.05) is 12.2 Å². The van der Waals surface area contributed by atoms with Crippen LogP contribution < -0.4 is 0 Å². The smallest absolute Gasteiger partial charge is 0.0683 e. The zero-order valence-corrected chi connectivity index (χ0v) is 6.38. The molecule has 0 amide bonds. The molecule has 0 saturated carbocycles. The van der Waals surface area contributed by atoms with E-state index in [1.165, 1.54) is 0 Å². The summed E-state index contributed by atoms with van der Waals surface area (Å²) in [5, 5.41) is 9.08. The van der Waals surface area contributed by atoms with E-state index in [4.69, 9.17) is 11.5 Å². The van der Waals surface area contributed by atoms with Gasteiger partial charge in [-0.2, -0.15) is 0 Å². The van der Waals surface area contributed by atoms with Crippen molar-refractivity contribution < 1.29 is 5.11 Å². The lowest BCUT2D eigenvalue weighted by Crippen LogP contribution is -2.02. The summed E-state index contributed by atoms with van der Waals surface area (Å²) in [7, 11) is 0. The Morgan fingerprint density at radius 1 is 1.60 bits per heavy atom. The van der Waals surface area contributed by atoms with Crippen molar-refractivity contribution >= 4 is 0 Å². The highest BCUT2D eigenvalue weighted by atomic mass is 16.3. The molecule has 0 aliphatic heterocycles. The second-order valence-corrected chi connectivity index (χ2v) is 2.18. The van der Waals surface area contributed by atoms with Gasteiger partial charge in [0.1, 0.15) is 0 Å². The van der Waals surface area contributed by atoms with Crippen LogP contribution in [-0.2, 0) is 0 Å².